The van der Waals surface area contributed by atoms with Crippen molar-refractivity contribution in [3.63, 3.8) is 0 Å². The Kier molecular flexibility index (Phi) is 2.73. The lowest BCUT2D eigenvalue weighted by Gasteiger charge is -2.22. The van der Waals surface area contributed by atoms with Crippen LogP contribution >= 0.6 is 0 Å². The van der Waals surface area contributed by atoms with E-state index in [0.29, 0.717) is 0 Å². The van der Waals surface area contributed by atoms with Gasteiger partial charge in [0.15, 0.2) is 0 Å². The number of nitrogen functional groups attached to an aromatic ring is 1. The highest BCUT2D eigenvalue weighted by atomic mass is 15.3. The lowest BCUT2D eigenvalue weighted by atomic mass is 10.1. The van der Waals surface area contributed by atoms with E-state index in [0.717, 1.165) is 23.7 Å². The van der Waals surface area contributed by atoms with E-state index in [1.807, 2.05) is 11.6 Å². The molecule has 80 valence electrons. The standard InChI is InChI=1S/C10H20N4/c1-6-14-9(12-10(3,4)5)8(11)7(2)13-14/h12H,6,11H2,1-5H3. The molecule has 0 aliphatic heterocycles. The Morgan fingerprint density at radius 2 is 2.00 bits per heavy atom. The molecule has 0 saturated heterocycles. The molecule has 3 N–H and O–H groups in total. The van der Waals surface area contributed by atoms with Crippen LogP contribution in [0, 0.1) is 6.92 Å². The van der Waals surface area contributed by atoms with E-state index in [4.69, 9.17) is 5.73 Å². The van der Waals surface area contributed by atoms with E-state index in [9.17, 15) is 0 Å². The fraction of sp³-hybridized carbons (Fsp3) is 0.700. The third-order valence-corrected chi connectivity index (χ3v) is 1.97. The fourth-order valence-corrected chi connectivity index (χ4v) is 1.31. The van der Waals surface area contributed by atoms with Crippen molar-refractivity contribution in [3.8, 4) is 0 Å². The Balaban J connectivity index is 3.06. The molecule has 14 heavy (non-hydrogen) atoms. The van der Waals surface area contributed by atoms with Crippen LogP contribution in [0.25, 0.3) is 0 Å². The van der Waals surface area contributed by atoms with E-state index in [2.05, 4.69) is 38.1 Å². The van der Waals surface area contributed by atoms with Gasteiger partial charge in [0.25, 0.3) is 0 Å². The van der Waals surface area contributed by atoms with Crippen LogP contribution in [0.3, 0.4) is 0 Å². The minimum atomic E-state index is 0.00745. The van der Waals surface area contributed by atoms with Crippen molar-refractivity contribution >= 4 is 11.5 Å². The van der Waals surface area contributed by atoms with Gasteiger partial charge in [0, 0.05) is 12.1 Å². The summed E-state index contributed by atoms with van der Waals surface area (Å²) in [7, 11) is 0. The van der Waals surface area contributed by atoms with Gasteiger partial charge in [0.1, 0.15) is 5.82 Å². The molecule has 0 radical (unpaired) electrons. The number of nitrogens with one attached hydrogen (secondary N) is 1. The number of rotatable bonds is 2. The smallest absolute Gasteiger partial charge is 0.148 e. The average Bonchev–Trinajstić information content (AvgIpc) is 2.30. The van der Waals surface area contributed by atoms with E-state index in [1.165, 1.54) is 0 Å². The zero-order chi connectivity index (χ0) is 10.9. The molecule has 4 nitrogen and oxygen atoms in total. The Morgan fingerprint density at radius 3 is 2.43 bits per heavy atom. The quantitative estimate of drug-likeness (QED) is 0.760. The van der Waals surface area contributed by atoms with Crippen molar-refractivity contribution in [1.82, 2.24) is 9.78 Å². The molecule has 0 saturated carbocycles. The van der Waals surface area contributed by atoms with Crippen LogP contribution in [0.15, 0.2) is 0 Å². The van der Waals surface area contributed by atoms with Gasteiger partial charge in [0.2, 0.25) is 0 Å². The Bertz CT molecular complexity index is 320. The number of aryl methyl sites for hydroxylation is 2. The first-order chi connectivity index (χ1) is 6.35. The van der Waals surface area contributed by atoms with Gasteiger partial charge in [-0.1, -0.05) is 0 Å². The van der Waals surface area contributed by atoms with Crippen molar-refractivity contribution < 1.29 is 0 Å². The maximum Gasteiger partial charge on any atom is 0.148 e. The summed E-state index contributed by atoms with van der Waals surface area (Å²) in [6, 6.07) is 0. The molecule has 1 aromatic rings. The zero-order valence-corrected chi connectivity index (χ0v) is 9.68. The predicted octanol–water partition coefficient (Wildman–Crippen LogP) is 2.00. The molecule has 1 aromatic heterocycles. The van der Waals surface area contributed by atoms with Crippen LogP contribution in [0.5, 0.6) is 0 Å². The van der Waals surface area contributed by atoms with Gasteiger partial charge >= 0.3 is 0 Å². The molecule has 0 amide bonds. The minimum absolute atomic E-state index is 0.00745. The van der Waals surface area contributed by atoms with Crippen molar-refractivity contribution in [2.45, 2.75) is 46.7 Å². The van der Waals surface area contributed by atoms with Gasteiger partial charge in [0.05, 0.1) is 11.4 Å². The summed E-state index contributed by atoms with van der Waals surface area (Å²) in [5, 5.41) is 7.71. The van der Waals surface area contributed by atoms with Crippen LogP contribution < -0.4 is 11.1 Å². The zero-order valence-electron chi connectivity index (χ0n) is 9.68. The number of nitrogens with zero attached hydrogens (tertiary/aromatic N) is 2. The molecule has 0 unspecified atom stereocenters. The van der Waals surface area contributed by atoms with Crippen molar-refractivity contribution in [3.05, 3.63) is 5.69 Å². The molecular weight excluding hydrogens is 176 g/mol. The van der Waals surface area contributed by atoms with Crippen molar-refractivity contribution in [2.24, 2.45) is 0 Å². The first-order valence-electron chi connectivity index (χ1n) is 4.96. The highest BCUT2D eigenvalue weighted by Gasteiger charge is 2.17. The lowest BCUT2D eigenvalue weighted by Crippen LogP contribution is -2.28. The van der Waals surface area contributed by atoms with E-state index in [1.54, 1.807) is 0 Å². The second-order valence-electron chi connectivity index (χ2n) is 4.54. The van der Waals surface area contributed by atoms with Crippen molar-refractivity contribution in [2.75, 3.05) is 11.1 Å². The van der Waals surface area contributed by atoms with Gasteiger partial charge in [-0.05, 0) is 34.6 Å². The van der Waals surface area contributed by atoms with E-state index >= 15 is 0 Å². The molecule has 0 bridgehead atoms. The normalized spacial score (nSPS) is 11.8. The summed E-state index contributed by atoms with van der Waals surface area (Å²) in [6.07, 6.45) is 0. The van der Waals surface area contributed by atoms with Gasteiger partial charge in [-0.25, -0.2) is 4.68 Å². The van der Waals surface area contributed by atoms with Crippen LogP contribution in [0.4, 0.5) is 11.5 Å². The fourth-order valence-electron chi connectivity index (χ4n) is 1.31. The highest BCUT2D eigenvalue weighted by Crippen LogP contribution is 2.25. The maximum absolute atomic E-state index is 5.94. The average molecular weight is 196 g/mol. The first kappa shape index (κ1) is 10.9. The number of hydrogen-bond acceptors (Lipinski definition) is 3. The molecule has 0 fully saturated rings. The molecule has 0 atom stereocenters. The first-order valence-corrected chi connectivity index (χ1v) is 4.96. The van der Waals surface area contributed by atoms with Gasteiger partial charge in [-0.15, -0.1) is 0 Å². The summed E-state index contributed by atoms with van der Waals surface area (Å²) in [4.78, 5) is 0. The van der Waals surface area contributed by atoms with Gasteiger partial charge in [-0.2, -0.15) is 5.10 Å². The monoisotopic (exact) mass is 196 g/mol. The lowest BCUT2D eigenvalue weighted by molar-refractivity contribution is 0.597. The molecule has 0 spiro atoms. The van der Waals surface area contributed by atoms with E-state index < -0.39 is 0 Å². The summed E-state index contributed by atoms with van der Waals surface area (Å²) in [5.41, 5.74) is 7.59. The molecule has 0 aliphatic carbocycles. The largest absolute Gasteiger partial charge is 0.394 e. The molecule has 1 heterocycles. The Morgan fingerprint density at radius 1 is 1.43 bits per heavy atom. The molecule has 1 rings (SSSR count). The minimum Gasteiger partial charge on any atom is -0.394 e. The predicted molar refractivity (Wildman–Crippen MR) is 60.4 cm³/mol. The van der Waals surface area contributed by atoms with Crippen molar-refractivity contribution in [1.29, 1.82) is 0 Å². The Hall–Kier alpha value is -1.19. The number of anilines is 2. The number of aromatic nitrogens is 2. The third-order valence-electron chi connectivity index (χ3n) is 1.97. The van der Waals surface area contributed by atoms with Gasteiger partial charge in [-0.3, -0.25) is 0 Å². The molecule has 0 aromatic carbocycles. The third kappa shape index (κ3) is 2.19. The van der Waals surface area contributed by atoms with Crippen LogP contribution in [0.2, 0.25) is 0 Å². The topological polar surface area (TPSA) is 55.9 Å². The number of hydrogen-bond donors (Lipinski definition) is 2. The molecule has 4 heteroatoms. The number of nitrogens with two attached hydrogens (primary N) is 1. The Labute approximate surface area is 85.5 Å². The van der Waals surface area contributed by atoms with Gasteiger partial charge < -0.3 is 11.1 Å². The van der Waals surface area contributed by atoms with Crippen LogP contribution in [0.1, 0.15) is 33.4 Å². The summed E-state index contributed by atoms with van der Waals surface area (Å²) >= 11 is 0. The summed E-state index contributed by atoms with van der Waals surface area (Å²) < 4.78 is 1.90. The second-order valence-corrected chi connectivity index (χ2v) is 4.54. The summed E-state index contributed by atoms with van der Waals surface area (Å²) in [6.45, 7) is 11.1. The maximum atomic E-state index is 5.94. The highest BCUT2D eigenvalue weighted by molar-refractivity contribution is 5.65. The van der Waals surface area contributed by atoms with Crippen LogP contribution in [-0.4, -0.2) is 15.3 Å². The summed E-state index contributed by atoms with van der Waals surface area (Å²) in [5.74, 6) is 0.928. The second kappa shape index (κ2) is 3.52. The van der Waals surface area contributed by atoms with E-state index in [-0.39, 0.29) is 5.54 Å². The SMILES string of the molecule is CCn1nc(C)c(N)c1NC(C)(C)C. The van der Waals surface area contributed by atoms with Crippen LogP contribution in [-0.2, 0) is 6.54 Å². The molecule has 0 aliphatic rings. The molecular formula is C10H20N4.